The van der Waals surface area contributed by atoms with Gasteiger partial charge in [0.1, 0.15) is 6.54 Å². The zero-order valence-electron chi connectivity index (χ0n) is 12.4. The lowest BCUT2D eigenvalue weighted by Crippen LogP contribution is -2.36. The minimum atomic E-state index is -0.528. The minimum absolute atomic E-state index is 0.110. The third-order valence-electron chi connectivity index (χ3n) is 3.60. The van der Waals surface area contributed by atoms with Gasteiger partial charge in [-0.25, -0.2) is 0 Å². The van der Waals surface area contributed by atoms with Crippen molar-refractivity contribution in [2.75, 3.05) is 25.1 Å². The van der Waals surface area contributed by atoms with Crippen LogP contribution in [0.2, 0.25) is 5.02 Å². The molecular weight excluding hydrogens is 308 g/mol. The Morgan fingerprint density at radius 2 is 2.18 bits per heavy atom. The van der Waals surface area contributed by atoms with Crippen molar-refractivity contribution < 1.29 is 19.1 Å². The Morgan fingerprint density at radius 3 is 2.82 bits per heavy atom. The van der Waals surface area contributed by atoms with E-state index in [1.54, 1.807) is 12.1 Å². The molecule has 0 saturated carbocycles. The smallest absolute Gasteiger partial charge is 0.325 e. The second-order valence-corrected chi connectivity index (χ2v) is 5.54. The highest BCUT2D eigenvalue weighted by Gasteiger charge is 2.35. The Hall–Kier alpha value is -2.08. The lowest BCUT2D eigenvalue weighted by atomic mass is 10.1. The maximum atomic E-state index is 12.1. The van der Waals surface area contributed by atoms with Gasteiger partial charge in [0.05, 0.1) is 13.0 Å². The Morgan fingerprint density at radius 1 is 1.45 bits per heavy atom. The molecule has 2 amide bonds. The summed E-state index contributed by atoms with van der Waals surface area (Å²) in [5.74, 6) is -1.49. The molecule has 0 spiro atoms. The van der Waals surface area contributed by atoms with Crippen LogP contribution in [0.1, 0.15) is 12.0 Å². The summed E-state index contributed by atoms with van der Waals surface area (Å²) < 4.78 is 4.45. The van der Waals surface area contributed by atoms with E-state index in [2.05, 4.69) is 10.1 Å². The van der Waals surface area contributed by atoms with Gasteiger partial charge in [0.25, 0.3) is 0 Å². The van der Waals surface area contributed by atoms with Crippen molar-refractivity contribution in [3.05, 3.63) is 28.8 Å². The van der Waals surface area contributed by atoms with Gasteiger partial charge in [0.15, 0.2) is 0 Å². The van der Waals surface area contributed by atoms with Gasteiger partial charge in [-0.2, -0.15) is 0 Å². The van der Waals surface area contributed by atoms with E-state index in [0.29, 0.717) is 10.7 Å². The highest BCUT2D eigenvalue weighted by molar-refractivity contribution is 6.31. The molecule has 7 heteroatoms. The van der Waals surface area contributed by atoms with Crippen molar-refractivity contribution in [1.29, 1.82) is 0 Å². The van der Waals surface area contributed by atoms with E-state index in [1.165, 1.54) is 12.0 Å². The van der Waals surface area contributed by atoms with Crippen LogP contribution < -0.4 is 10.2 Å². The maximum absolute atomic E-state index is 12.1. The van der Waals surface area contributed by atoms with Crippen molar-refractivity contribution in [2.45, 2.75) is 13.3 Å². The second-order valence-electron chi connectivity index (χ2n) is 5.13. The number of benzene rings is 1. The number of hydrogen-bond donors (Lipinski definition) is 1. The number of ether oxygens (including phenoxy) is 1. The molecule has 1 N–H and O–H groups in total. The average molecular weight is 325 g/mol. The van der Waals surface area contributed by atoms with Gasteiger partial charge in [0, 0.05) is 23.7 Å². The number of halogens is 1. The molecule has 22 heavy (non-hydrogen) atoms. The molecule has 1 fully saturated rings. The fourth-order valence-electron chi connectivity index (χ4n) is 2.26. The molecule has 0 aromatic heterocycles. The largest absolute Gasteiger partial charge is 0.468 e. The van der Waals surface area contributed by atoms with Crippen LogP contribution in [0.3, 0.4) is 0 Å². The fourth-order valence-corrected chi connectivity index (χ4v) is 2.43. The Labute approximate surface area is 133 Å². The SMILES string of the molecule is COC(=O)CNC(=O)C1CC(=O)N(c2ccc(C)c(Cl)c2)C1. The summed E-state index contributed by atoms with van der Waals surface area (Å²) in [6.07, 6.45) is 0.110. The molecule has 0 bridgehead atoms. The van der Waals surface area contributed by atoms with E-state index in [4.69, 9.17) is 11.6 Å². The van der Waals surface area contributed by atoms with Crippen LogP contribution in [-0.2, 0) is 19.1 Å². The number of carbonyl (C=O) groups is 3. The first-order valence-corrected chi connectivity index (χ1v) is 7.21. The van der Waals surface area contributed by atoms with Gasteiger partial charge in [-0.3, -0.25) is 14.4 Å². The first-order chi connectivity index (χ1) is 10.4. The fraction of sp³-hybridized carbons (Fsp3) is 0.400. The van der Waals surface area contributed by atoms with Crippen molar-refractivity contribution in [2.24, 2.45) is 5.92 Å². The van der Waals surface area contributed by atoms with Crippen LogP contribution in [0.15, 0.2) is 18.2 Å². The third-order valence-corrected chi connectivity index (χ3v) is 4.00. The van der Waals surface area contributed by atoms with Gasteiger partial charge < -0.3 is 15.0 Å². The topological polar surface area (TPSA) is 75.7 Å². The molecular formula is C15H17ClN2O4. The predicted molar refractivity (Wildman–Crippen MR) is 81.7 cm³/mol. The monoisotopic (exact) mass is 324 g/mol. The van der Waals surface area contributed by atoms with Crippen molar-refractivity contribution in [1.82, 2.24) is 5.32 Å². The molecule has 1 aromatic rings. The molecule has 6 nitrogen and oxygen atoms in total. The number of carbonyl (C=O) groups excluding carboxylic acids is 3. The summed E-state index contributed by atoms with van der Waals surface area (Å²) in [6, 6.07) is 5.34. The van der Waals surface area contributed by atoms with Crippen LogP contribution in [0, 0.1) is 12.8 Å². The van der Waals surface area contributed by atoms with E-state index in [-0.39, 0.29) is 31.3 Å². The summed E-state index contributed by atoms with van der Waals surface area (Å²) in [6.45, 7) is 1.95. The standard InChI is InChI=1S/C15H17ClN2O4/c1-9-3-4-11(6-12(9)16)18-8-10(5-13(18)19)15(21)17-7-14(20)22-2/h3-4,6,10H,5,7-8H2,1-2H3,(H,17,21). The average Bonchev–Trinajstić information content (AvgIpc) is 2.89. The second kappa shape index (κ2) is 6.79. The summed E-state index contributed by atoms with van der Waals surface area (Å²) in [4.78, 5) is 36.6. The number of methoxy groups -OCH3 is 1. The molecule has 1 saturated heterocycles. The highest BCUT2D eigenvalue weighted by atomic mass is 35.5. The summed E-state index contributed by atoms with van der Waals surface area (Å²) in [5.41, 5.74) is 1.59. The number of nitrogens with one attached hydrogen (secondary N) is 1. The molecule has 1 aliphatic heterocycles. The normalized spacial score (nSPS) is 17.5. The van der Waals surface area contributed by atoms with Crippen LogP contribution in [0.25, 0.3) is 0 Å². The number of esters is 1. The molecule has 1 atom stereocenters. The van der Waals surface area contributed by atoms with Crippen LogP contribution in [0.4, 0.5) is 5.69 Å². The van der Waals surface area contributed by atoms with E-state index < -0.39 is 11.9 Å². The van der Waals surface area contributed by atoms with Gasteiger partial charge in [-0.1, -0.05) is 17.7 Å². The van der Waals surface area contributed by atoms with E-state index in [1.807, 2.05) is 13.0 Å². The molecule has 0 radical (unpaired) electrons. The number of anilines is 1. The first-order valence-electron chi connectivity index (χ1n) is 6.83. The van der Waals surface area contributed by atoms with Crippen LogP contribution in [-0.4, -0.2) is 38.0 Å². The number of rotatable bonds is 4. The minimum Gasteiger partial charge on any atom is -0.468 e. The predicted octanol–water partition coefficient (Wildman–Crippen LogP) is 1.29. The van der Waals surface area contributed by atoms with Crippen molar-refractivity contribution in [3.8, 4) is 0 Å². The number of nitrogens with zero attached hydrogens (tertiary/aromatic N) is 1. The molecule has 0 aliphatic carbocycles. The van der Waals surface area contributed by atoms with Crippen molar-refractivity contribution >= 4 is 35.1 Å². The first kappa shape index (κ1) is 16.3. The molecule has 118 valence electrons. The van der Waals surface area contributed by atoms with E-state index in [0.717, 1.165) is 5.56 Å². The van der Waals surface area contributed by atoms with Gasteiger partial charge >= 0.3 is 5.97 Å². The van der Waals surface area contributed by atoms with Crippen LogP contribution >= 0.6 is 11.6 Å². The molecule has 1 unspecified atom stereocenters. The van der Waals surface area contributed by atoms with Gasteiger partial charge in [-0.15, -0.1) is 0 Å². The summed E-state index contributed by atoms with van der Waals surface area (Å²) >= 11 is 6.07. The molecule has 1 aromatic carbocycles. The Kier molecular flexibility index (Phi) is 5.03. The number of aryl methyl sites for hydroxylation is 1. The Bertz CT molecular complexity index is 618. The van der Waals surface area contributed by atoms with Gasteiger partial charge in [0.2, 0.25) is 11.8 Å². The van der Waals surface area contributed by atoms with E-state index >= 15 is 0 Å². The van der Waals surface area contributed by atoms with Gasteiger partial charge in [-0.05, 0) is 24.6 Å². The molecule has 1 aliphatic rings. The zero-order valence-corrected chi connectivity index (χ0v) is 13.1. The Balaban J connectivity index is 2.02. The van der Waals surface area contributed by atoms with Crippen LogP contribution in [0.5, 0.6) is 0 Å². The zero-order chi connectivity index (χ0) is 16.3. The molecule has 2 rings (SSSR count). The quantitative estimate of drug-likeness (QED) is 0.847. The lowest BCUT2D eigenvalue weighted by Gasteiger charge is -2.17. The molecule has 1 heterocycles. The lowest BCUT2D eigenvalue weighted by molar-refractivity contribution is -0.141. The third kappa shape index (κ3) is 3.57. The summed E-state index contributed by atoms with van der Waals surface area (Å²) in [5, 5.41) is 3.04. The maximum Gasteiger partial charge on any atom is 0.325 e. The number of hydrogen-bond acceptors (Lipinski definition) is 4. The highest BCUT2D eigenvalue weighted by Crippen LogP contribution is 2.28. The van der Waals surface area contributed by atoms with Crippen molar-refractivity contribution in [3.63, 3.8) is 0 Å². The number of amides is 2. The van der Waals surface area contributed by atoms with E-state index in [9.17, 15) is 14.4 Å². The summed E-state index contributed by atoms with van der Waals surface area (Å²) in [7, 11) is 1.25.